The second kappa shape index (κ2) is 5.60. The van der Waals surface area contributed by atoms with Gasteiger partial charge in [0, 0.05) is 11.6 Å². The Morgan fingerprint density at radius 3 is 2.47 bits per heavy atom. The van der Waals surface area contributed by atoms with Crippen LogP contribution in [0.2, 0.25) is 0 Å². The molecule has 17 heavy (non-hydrogen) atoms. The molecule has 1 aromatic rings. The van der Waals surface area contributed by atoms with Crippen LogP contribution in [0.3, 0.4) is 0 Å². The monoisotopic (exact) mass is 240 g/mol. The van der Waals surface area contributed by atoms with E-state index in [1.807, 2.05) is 6.07 Å². The van der Waals surface area contributed by atoms with Gasteiger partial charge in [0.1, 0.15) is 5.82 Å². The third-order valence-corrected chi connectivity index (χ3v) is 2.54. The molecule has 1 aromatic carbocycles. The molecule has 0 amide bonds. The van der Waals surface area contributed by atoms with Gasteiger partial charge in [-0.1, -0.05) is 0 Å². The van der Waals surface area contributed by atoms with Gasteiger partial charge in [-0.2, -0.15) is 5.26 Å². The fourth-order valence-electron chi connectivity index (χ4n) is 1.61. The van der Waals surface area contributed by atoms with Crippen molar-refractivity contribution < 1.29 is 13.5 Å². The average molecular weight is 240 g/mol. The van der Waals surface area contributed by atoms with Crippen LogP contribution in [0.25, 0.3) is 0 Å². The van der Waals surface area contributed by atoms with Crippen LogP contribution in [0.5, 0.6) is 5.75 Å². The summed E-state index contributed by atoms with van der Waals surface area (Å²) in [5.41, 5.74) is 0.162. The van der Waals surface area contributed by atoms with Gasteiger partial charge in [-0.3, -0.25) is 0 Å². The summed E-state index contributed by atoms with van der Waals surface area (Å²) in [6.45, 7) is 0. The lowest BCUT2D eigenvalue weighted by molar-refractivity contribution is 0.293. The van der Waals surface area contributed by atoms with E-state index in [1.165, 1.54) is 7.11 Å². The Kier molecular flexibility index (Phi) is 4.41. The first kappa shape index (κ1) is 13.4. The molecule has 0 aliphatic heterocycles. The third kappa shape index (κ3) is 2.92. The highest BCUT2D eigenvalue weighted by Crippen LogP contribution is 2.29. The Morgan fingerprint density at radius 2 is 2.00 bits per heavy atom. The van der Waals surface area contributed by atoms with E-state index in [-0.39, 0.29) is 17.7 Å². The molecule has 0 aliphatic rings. The minimum Gasteiger partial charge on any atom is -0.494 e. The lowest BCUT2D eigenvalue weighted by Gasteiger charge is -2.23. The van der Waals surface area contributed by atoms with Crippen LogP contribution in [0.1, 0.15) is 18.0 Å². The number of benzene rings is 1. The third-order valence-electron chi connectivity index (χ3n) is 2.54. The van der Waals surface area contributed by atoms with Crippen LogP contribution in [0, 0.1) is 23.0 Å². The van der Waals surface area contributed by atoms with Gasteiger partial charge in [-0.15, -0.1) is 0 Å². The molecule has 0 heterocycles. The summed E-state index contributed by atoms with van der Waals surface area (Å²) >= 11 is 0. The molecule has 0 N–H and O–H groups in total. The summed E-state index contributed by atoms with van der Waals surface area (Å²) < 4.78 is 32.0. The van der Waals surface area contributed by atoms with Crippen LogP contribution in [0.15, 0.2) is 12.1 Å². The fraction of sp³-hybridized carbons (Fsp3) is 0.417. The zero-order valence-electron chi connectivity index (χ0n) is 10.00. The highest BCUT2D eigenvalue weighted by atomic mass is 19.1. The fourth-order valence-corrected chi connectivity index (χ4v) is 1.61. The topological polar surface area (TPSA) is 36.3 Å². The van der Waals surface area contributed by atoms with Crippen molar-refractivity contribution in [3.63, 3.8) is 0 Å². The molecule has 0 saturated carbocycles. The molecule has 1 unspecified atom stereocenters. The molecule has 0 aromatic heterocycles. The molecule has 0 spiro atoms. The summed E-state index contributed by atoms with van der Waals surface area (Å²) in [7, 11) is 4.70. The van der Waals surface area contributed by atoms with Crippen molar-refractivity contribution in [3.8, 4) is 11.8 Å². The Balaban J connectivity index is 3.21. The number of hydrogen-bond donors (Lipinski definition) is 0. The molecule has 0 fully saturated rings. The lowest BCUT2D eigenvalue weighted by atomic mass is 10.0. The Hall–Kier alpha value is -1.67. The quantitative estimate of drug-likeness (QED) is 0.811. The van der Waals surface area contributed by atoms with Crippen LogP contribution in [-0.4, -0.2) is 26.1 Å². The largest absolute Gasteiger partial charge is 0.494 e. The highest BCUT2D eigenvalue weighted by Gasteiger charge is 2.20. The van der Waals surface area contributed by atoms with E-state index in [4.69, 9.17) is 5.26 Å². The number of nitriles is 1. The minimum absolute atomic E-state index is 0.0929. The number of halogens is 2. The summed E-state index contributed by atoms with van der Waals surface area (Å²) in [6, 6.07) is 3.57. The normalized spacial score (nSPS) is 12.3. The number of ether oxygens (including phenoxy) is 1. The van der Waals surface area contributed by atoms with Gasteiger partial charge in [-0.05, 0) is 20.2 Å². The van der Waals surface area contributed by atoms with E-state index in [2.05, 4.69) is 4.74 Å². The maximum absolute atomic E-state index is 13.8. The van der Waals surface area contributed by atoms with Crippen LogP contribution >= 0.6 is 0 Å². The molecule has 0 radical (unpaired) electrons. The van der Waals surface area contributed by atoms with E-state index in [0.717, 1.165) is 12.1 Å². The summed E-state index contributed by atoms with van der Waals surface area (Å²) in [6.07, 6.45) is 0.0929. The van der Waals surface area contributed by atoms with Crippen molar-refractivity contribution in [3.05, 3.63) is 29.3 Å². The SMILES string of the molecule is COc1cc(F)c(C(CC#N)N(C)C)cc1F. The smallest absolute Gasteiger partial charge is 0.165 e. The number of methoxy groups -OCH3 is 1. The maximum atomic E-state index is 13.8. The predicted octanol–water partition coefficient (Wildman–Crippen LogP) is 2.49. The Morgan fingerprint density at radius 1 is 1.35 bits per heavy atom. The van der Waals surface area contributed by atoms with E-state index >= 15 is 0 Å². The molecule has 0 aliphatic carbocycles. The van der Waals surface area contributed by atoms with E-state index in [9.17, 15) is 8.78 Å². The standard InChI is InChI=1S/C12H14F2N2O/c1-16(2)11(4-5-15)8-6-10(14)12(17-3)7-9(8)13/h6-7,11H,4H2,1-3H3. The van der Waals surface area contributed by atoms with Gasteiger partial charge >= 0.3 is 0 Å². The molecule has 3 nitrogen and oxygen atoms in total. The first-order valence-corrected chi connectivity index (χ1v) is 5.07. The Bertz CT molecular complexity index is 441. The Labute approximate surface area is 99.2 Å². The van der Waals surface area contributed by atoms with E-state index < -0.39 is 17.7 Å². The second-order valence-electron chi connectivity index (χ2n) is 3.85. The zero-order chi connectivity index (χ0) is 13.0. The number of nitrogens with zero attached hydrogens (tertiary/aromatic N) is 2. The predicted molar refractivity (Wildman–Crippen MR) is 59.6 cm³/mol. The van der Waals surface area contributed by atoms with Gasteiger partial charge in [0.2, 0.25) is 0 Å². The van der Waals surface area contributed by atoms with Crippen molar-refractivity contribution >= 4 is 0 Å². The number of hydrogen-bond acceptors (Lipinski definition) is 3. The van der Waals surface area contributed by atoms with Crippen molar-refractivity contribution in [1.29, 1.82) is 5.26 Å². The van der Waals surface area contributed by atoms with Crippen LogP contribution in [0.4, 0.5) is 8.78 Å². The van der Waals surface area contributed by atoms with Crippen LogP contribution < -0.4 is 4.74 Å². The van der Waals surface area contributed by atoms with Gasteiger partial charge in [0.25, 0.3) is 0 Å². The van der Waals surface area contributed by atoms with Crippen LogP contribution in [-0.2, 0) is 0 Å². The van der Waals surface area contributed by atoms with Crippen molar-refractivity contribution in [1.82, 2.24) is 4.90 Å². The molecule has 0 bridgehead atoms. The molecular weight excluding hydrogens is 226 g/mol. The van der Waals surface area contributed by atoms with E-state index in [0.29, 0.717) is 0 Å². The zero-order valence-corrected chi connectivity index (χ0v) is 10.00. The molecular formula is C12H14F2N2O. The van der Waals surface area contributed by atoms with E-state index in [1.54, 1.807) is 19.0 Å². The minimum atomic E-state index is -0.631. The first-order chi connectivity index (χ1) is 8.01. The number of rotatable bonds is 4. The van der Waals surface area contributed by atoms with Crippen molar-refractivity contribution in [2.24, 2.45) is 0 Å². The van der Waals surface area contributed by atoms with Crippen molar-refractivity contribution in [2.45, 2.75) is 12.5 Å². The molecule has 1 atom stereocenters. The lowest BCUT2D eigenvalue weighted by Crippen LogP contribution is -2.21. The van der Waals surface area contributed by atoms with Gasteiger partial charge in [0.15, 0.2) is 11.6 Å². The molecule has 92 valence electrons. The van der Waals surface area contributed by atoms with Gasteiger partial charge in [-0.25, -0.2) is 8.78 Å². The van der Waals surface area contributed by atoms with Crippen molar-refractivity contribution in [2.75, 3.05) is 21.2 Å². The first-order valence-electron chi connectivity index (χ1n) is 5.07. The summed E-state index contributed by atoms with van der Waals surface area (Å²) in [5.74, 6) is -1.34. The summed E-state index contributed by atoms with van der Waals surface area (Å²) in [4.78, 5) is 1.67. The second-order valence-corrected chi connectivity index (χ2v) is 3.85. The molecule has 5 heteroatoms. The highest BCUT2D eigenvalue weighted by molar-refractivity contribution is 5.33. The molecule has 1 rings (SSSR count). The van der Waals surface area contributed by atoms with Gasteiger partial charge < -0.3 is 9.64 Å². The average Bonchev–Trinajstić information content (AvgIpc) is 2.28. The molecule has 0 saturated heterocycles. The maximum Gasteiger partial charge on any atom is 0.165 e. The van der Waals surface area contributed by atoms with Gasteiger partial charge in [0.05, 0.1) is 25.6 Å². The summed E-state index contributed by atoms with van der Waals surface area (Å²) in [5, 5.41) is 8.69.